The van der Waals surface area contributed by atoms with E-state index in [-0.39, 0.29) is 11.8 Å². The summed E-state index contributed by atoms with van der Waals surface area (Å²) in [6.45, 7) is 0.803. The van der Waals surface area contributed by atoms with Gasteiger partial charge in [0, 0.05) is 29.9 Å². The summed E-state index contributed by atoms with van der Waals surface area (Å²) in [6, 6.07) is 7.81. The van der Waals surface area contributed by atoms with Crippen LogP contribution in [0.2, 0.25) is 10.0 Å². The Morgan fingerprint density at radius 3 is 2.73 bits per heavy atom. The summed E-state index contributed by atoms with van der Waals surface area (Å²) in [5.74, 6) is -0.531. The van der Waals surface area contributed by atoms with Crippen molar-refractivity contribution in [1.82, 2.24) is 15.2 Å². The molecule has 0 radical (unpaired) electrons. The lowest BCUT2D eigenvalue weighted by Gasteiger charge is -2.35. The molecular weight excluding hydrogens is 325 g/mol. The maximum Gasteiger partial charge on any atom is 0.271 e. The molecule has 3 rings (SSSR count). The predicted octanol–water partition coefficient (Wildman–Crippen LogP) is 2.63. The number of carbonyl (C=O) groups excluding carboxylic acids is 2. The molecule has 5 nitrogen and oxygen atoms in total. The summed E-state index contributed by atoms with van der Waals surface area (Å²) in [6.07, 6.45) is 1.53. The van der Waals surface area contributed by atoms with Crippen molar-refractivity contribution >= 4 is 35.0 Å². The number of nitrogens with zero attached hydrogens (tertiary/aromatic N) is 1. The number of aromatic nitrogens is 1. The van der Waals surface area contributed by atoms with Crippen molar-refractivity contribution in [2.24, 2.45) is 0 Å². The molecule has 2 N–H and O–H groups in total. The third kappa shape index (κ3) is 2.69. The second kappa shape index (κ2) is 6.02. The zero-order valence-corrected chi connectivity index (χ0v) is 13.0. The first-order chi connectivity index (χ1) is 10.6. The van der Waals surface area contributed by atoms with Crippen LogP contribution in [0.5, 0.6) is 0 Å². The lowest BCUT2D eigenvalue weighted by molar-refractivity contribution is -0.128. The van der Waals surface area contributed by atoms with Crippen LogP contribution in [0.1, 0.15) is 22.1 Å². The number of hydrogen-bond donors (Lipinski definition) is 2. The molecule has 2 amide bonds. The summed E-state index contributed by atoms with van der Waals surface area (Å²) in [5.41, 5.74) is 0.948. The molecular formula is C15H13Cl2N3O2. The van der Waals surface area contributed by atoms with Crippen LogP contribution in [0.3, 0.4) is 0 Å². The summed E-state index contributed by atoms with van der Waals surface area (Å²) in [5, 5.41) is 3.67. The van der Waals surface area contributed by atoms with Crippen LogP contribution in [0, 0.1) is 0 Å². The lowest BCUT2D eigenvalue weighted by Crippen LogP contribution is -2.52. The molecule has 22 heavy (non-hydrogen) atoms. The van der Waals surface area contributed by atoms with E-state index in [1.54, 1.807) is 30.3 Å². The lowest BCUT2D eigenvalue weighted by atomic mass is 10.0. The van der Waals surface area contributed by atoms with Gasteiger partial charge in [-0.15, -0.1) is 0 Å². The Morgan fingerprint density at radius 2 is 2.05 bits per heavy atom. The van der Waals surface area contributed by atoms with E-state index in [2.05, 4.69) is 10.3 Å². The van der Waals surface area contributed by atoms with E-state index in [1.807, 2.05) is 0 Å². The van der Waals surface area contributed by atoms with Gasteiger partial charge in [0.15, 0.2) is 0 Å². The first-order valence-electron chi connectivity index (χ1n) is 6.75. The van der Waals surface area contributed by atoms with Gasteiger partial charge in [0.25, 0.3) is 5.91 Å². The first kappa shape index (κ1) is 14.9. The predicted molar refractivity (Wildman–Crippen MR) is 84.0 cm³/mol. The van der Waals surface area contributed by atoms with Gasteiger partial charge in [0.05, 0.1) is 5.02 Å². The van der Waals surface area contributed by atoms with E-state index in [9.17, 15) is 9.59 Å². The van der Waals surface area contributed by atoms with E-state index in [0.29, 0.717) is 34.4 Å². The molecule has 0 spiro atoms. The van der Waals surface area contributed by atoms with Gasteiger partial charge in [-0.3, -0.25) is 9.59 Å². The minimum atomic E-state index is -0.753. The van der Waals surface area contributed by atoms with Crippen molar-refractivity contribution in [3.63, 3.8) is 0 Å². The normalized spacial score (nSPS) is 18.2. The molecule has 0 saturated carbocycles. The van der Waals surface area contributed by atoms with E-state index in [4.69, 9.17) is 23.2 Å². The molecule has 1 fully saturated rings. The van der Waals surface area contributed by atoms with E-state index in [0.717, 1.165) is 0 Å². The van der Waals surface area contributed by atoms with E-state index in [1.165, 1.54) is 11.1 Å². The number of aromatic amines is 1. The van der Waals surface area contributed by atoms with Crippen molar-refractivity contribution in [2.45, 2.75) is 6.04 Å². The number of hydrogen-bond acceptors (Lipinski definition) is 2. The fraction of sp³-hybridized carbons (Fsp3) is 0.200. The number of nitrogens with one attached hydrogen (secondary N) is 2. The van der Waals surface area contributed by atoms with Crippen LogP contribution in [0.4, 0.5) is 0 Å². The Bertz CT molecular complexity index is 729. The van der Waals surface area contributed by atoms with Gasteiger partial charge in [-0.1, -0.05) is 41.4 Å². The van der Waals surface area contributed by atoms with Gasteiger partial charge in [-0.25, -0.2) is 0 Å². The highest BCUT2D eigenvalue weighted by Gasteiger charge is 2.36. The maximum atomic E-state index is 12.7. The quantitative estimate of drug-likeness (QED) is 0.884. The summed E-state index contributed by atoms with van der Waals surface area (Å²) in [7, 11) is 0. The number of H-pyrrole nitrogens is 1. The van der Waals surface area contributed by atoms with Crippen molar-refractivity contribution in [3.8, 4) is 0 Å². The SMILES string of the molecule is O=C1NCCN(C(=O)c2cc(Cl)c[nH]2)C1c1ccccc1Cl. The van der Waals surface area contributed by atoms with Gasteiger partial charge in [-0.05, 0) is 12.1 Å². The van der Waals surface area contributed by atoms with Crippen LogP contribution in [0.25, 0.3) is 0 Å². The molecule has 1 aromatic heterocycles. The van der Waals surface area contributed by atoms with Gasteiger partial charge in [0.1, 0.15) is 11.7 Å². The van der Waals surface area contributed by atoms with Crippen LogP contribution >= 0.6 is 23.2 Å². The van der Waals surface area contributed by atoms with Gasteiger partial charge < -0.3 is 15.2 Å². The average molecular weight is 338 g/mol. The van der Waals surface area contributed by atoms with Crippen molar-refractivity contribution in [2.75, 3.05) is 13.1 Å². The largest absolute Gasteiger partial charge is 0.356 e. The Labute approximate surface area is 137 Å². The third-order valence-corrected chi connectivity index (χ3v) is 4.11. The van der Waals surface area contributed by atoms with Gasteiger partial charge in [0.2, 0.25) is 5.91 Å². The van der Waals surface area contributed by atoms with Gasteiger partial charge in [-0.2, -0.15) is 0 Å². The van der Waals surface area contributed by atoms with Crippen molar-refractivity contribution in [1.29, 1.82) is 0 Å². The summed E-state index contributed by atoms with van der Waals surface area (Å²) < 4.78 is 0. The summed E-state index contributed by atoms with van der Waals surface area (Å²) >= 11 is 12.0. The van der Waals surface area contributed by atoms with Crippen LogP contribution in [0.15, 0.2) is 36.5 Å². The molecule has 1 aliphatic heterocycles. The molecule has 7 heteroatoms. The molecule has 1 saturated heterocycles. The number of rotatable bonds is 2. The van der Waals surface area contributed by atoms with Crippen molar-refractivity contribution < 1.29 is 9.59 Å². The monoisotopic (exact) mass is 337 g/mol. The third-order valence-electron chi connectivity index (χ3n) is 3.55. The topological polar surface area (TPSA) is 65.2 Å². The number of amides is 2. The highest BCUT2D eigenvalue weighted by atomic mass is 35.5. The molecule has 0 bridgehead atoms. The van der Waals surface area contributed by atoms with Crippen molar-refractivity contribution in [3.05, 3.63) is 57.8 Å². The first-order valence-corrected chi connectivity index (χ1v) is 7.50. The number of piperazine rings is 1. The Kier molecular flexibility index (Phi) is 4.09. The molecule has 1 aliphatic rings. The molecule has 1 aromatic carbocycles. The Morgan fingerprint density at radius 1 is 1.27 bits per heavy atom. The average Bonchev–Trinajstić information content (AvgIpc) is 2.94. The highest BCUT2D eigenvalue weighted by molar-refractivity contribution is 6.32. The van der Waals surface area contributed by atoms with Crippen LogP contribution in [-0.2, 0) is 4.79 Å². The molecule has 1 atom stereocenters. The molecule has 2 heterocycles. The molecule has 114 valence electrons. The fourth-order valence-corrected chi connectivity index (χ4v) is 2.94. The maximum absolute atomic E-state index is 12.7. The second-order valence-corrected chi connectivity index (χ2v) is 5.79. The number of halogens is 2. The second-order valence-electron chi connectivity index (χ2n) is 4.95. The van der Waals surface area contributed by atoms with E-state index < -0.39 is 6.04 Å². The number of carbonyl (C=O) groups is 2. The summed E-state index contributed by atoms with van der Waals surface area (Å²) in [4.78, 5) is 29.3. The number of benzene rings is 1. The van der Waals surface area contributed by atoms with Crippen LogP contribution in [-0.4, -0.2) is 34.8 Å². The molecule has 1 unspecified atom stereocenters. The standard InChI is InChI=1S/C15H13Cl2N3O2/c16-9-7-12(19-8-9)15(22)20-6-5-18-14(21)13(20)10-3-1-2-4-11(10)17/h1-4,7-8,13,19H,5-6H2,(H,18,21). The fourth-order valence-electron chi connectivity index (χ4n) is 2.54. The minimum absolute atomic E-state index is 0.245. The smallest absolute Gasteiger partial charge is 0.271 e. The van der Waals surface area contributed by atoms with E-state index >= 15 is 0 Å². The molecule has 0 aliphatic carbocycles. The zero-order chi connectivity index (χ0) is 15.7. The molecule has 2 aromatic rings. The van der Waals surface area contributed by atoms with Gasteiger partial charge >= 0.3 is 0 Å². The Balaban J connectivity index is 1.99. The minimum Gasteiger partial charge on any atom is -0.356 e. The zero-order valence-electron chi connectivity index (χ0n) is 11.5. The Hall–Kier alpha value is -1.98. The van der Waals surface area contributed by atoms with Crippen LogP contribution < -0.4 is 5.32 Å². The highest BCUT2D eigenvalue weighted by Crippen LogP contribution is 2.30.